The Labute approximate surface area is 266 Å². The zero-order chi connectivity index (χ0) is 30.6. The minimum Gasteiger partial charge on any atom is -0.489 e. The second-order valence-corrected chi connectivity index (χ2v) is 14.4. The molecule has 9 rings (SSSR count). The fraction of sp³-hybridized carbons (Fsp3) is 0.469. The fourth-order valence-corrected chi connectivity index (χ4v) is 9.84. The largest absolute Gasteiger partial charge is 0.489 e. The number of hydrogen-bond acceptors (Lipinski definition) is 10. The standard InChI is InChI=1S/C32H30ClF2N7O2S/c33-24-22(16-4-5-18(34)28-21(16)17(11-36)29(37)45-28)25(35)26-23-27(24)43-13-20-19-6-3-15(38-19)12-42(20)30(23)40-31(39-26)44-14-32-7-1-9-41(32)10-2-8-32/h4-5,15,19-20,38H,1-3,6-10,12-14,37H2/t15-,19+,20+/m1/s1. The third kappa shape index (κ3) is 3.94. The Morgan fingerprint density at radius 3 is 2.82 bits per heavy atom. The number of nitrogen functional groups attached to an aromatic ring is 1. The number of nitriles is 1. The van der Waals surface area contributed by atoms with Gasteiger partial charge in [-0.3, -0.25) is 4.90 Å². The van der Waals surface area contributed by atoms with E-state index in [0.29, 0.717) is 31.0 Å². The maximum absolute atomic E-state index is 17.1. The van der Waals surface area contributed by atoms with Crippen LogP contribution in [0.4, 0.5) is 19.6 Å². The predicted molar refractivity (Wildman–Crippen MR) is 169 cm³/mol. The normalized spacial score (nSPS) is 24.8. The van der Waals surface area contributed by atoms with Crippen molar-refractivity contribution in [1.29, 1.82) is 5.26 Å². The average molecular weight is 650 g/mol. The molecular formula is C32H30ClF2N7O2S. The Balaban J connectivity index is 1.27. The van der Waals surface area contributed by atoms with E-state index in [1.165, 1.54) is 12.1 Å². The minimum atomic E-state index is -0.713. The van der Waals surface area contributed by atoms with Crippen LogP contribution in [0.25, 0.3) is 32.1 Å². The van der Waals surface area contributed by atoms with Gasteiger partial charge in [0.15, 0.2) is 11.6 Å². The van der Waals surface area contributed by atoms with Crippen LogP contribution in [0.3, 0.4) is 0 Å². The van der Waals surface area contributed by atoms with E-state index >= 15 is 4.39 Å². The van der Waals surface area contributed by atoms with Gasteiger partial charge < -0.3 is 25.4 Å². The number of benzene rings is 2. The van der Waals surface area contributed by atoms with Gasteiger partial charge in [-0.1, -0.05) is 17.7 Å². The smallest absolute Gasteiger partial charge is 0.319 e. The summed E-state index contributed by atoms with van der Waals surface area (Å²) < 4.78 is 45.1. The van der Waals surface area contributed by atoms with Crippen LogP contribution in [-0.4, -0.2) is 71.4 Å². The second kappa shape index (κ2) is 10.00. The van der Waals surface area contributed by atoms with Gasteiger partial charge in [-0.15, -0.1) is 11.3 Å². The van der Waals surface area contributed by atoms with Crippen molar-refractivity contribution in [2.45, 2.75) is 62.2 Å². The molecule has 2 aromatic heterocycles. The number of halogens is 3. The molecule has 232 valence electrons. The Morgan fingerprint density at radius 1 is 1.20 bits per heavy atom. The van der Waals surface area contributed by atoms with E-state index in [2.05, 4.69) is 26.2 Å². The number of piperazine rings is 1. The summed E-state index contributed by atoms with van der Waals surface area (Å²) in [4.78, 5) is 14.3. The molecule has 2 bridgehead atoms. The van der Waals surface area contributed by atoms with Crippen molar-refractivity contribution in [2.75, 3.05) is 43.5 Å². The molecule has 3 N–H and O–H groups in total. The first kappa shape index (κ1) is 27.8. The molecule has 9 nitrogen and oxygen atoms in total. The van der Waals surface area contributed by atoms with Crippen molar-refractivity contribution in [2.24, 2.45) is 0 Å². The monoisotopic (exact) mass is 649 g/mol. The van der Waals surface area contributed by atoms with Gasteiger partial charge in [-0.05, 0) is 63.2 Å². The first-order valence-corrected chi connectivity index (χ1v) is 16.7. The number of anilines is 2. The number of nitrogens with zero attached hydrogens (tertiary/aromatic N) is 5. The van der Waals surface area contributed by atoms with Crippen LogP contribution in [-0.2, 0) is 0 Å². The van der Waals surface area contributed by atoms with E-state index in [1.807, 2.05) is 0 Å². The second-order valence-electron chi connectivity index (χ2n) is 12.9. The number of hydrogen-bond donors (Lipinski definition) is 2. The van der Waals surface area contributed by atoms with Crippen LogP contribution < -0.4 is 25.4 Å². The van der Waals surface area contributed by atoms with Crippen LogP contribution in [0.5, 0.6) is 11.8 Å². The Kier molecular flexibility index (Phi) is 6.17. The highest BCUT2D eigenvalue weighted by Gasteiger charge is 2.46. The summed E-state index contributed by atoms with van der Waals surface area (Å²) in [5.41, 5.74) is 6.39. The molecule has 7 heterocycles. The van der Waals surface area contributed by atoms with E-state index in [0.717, 1.165) is 63.0 Å². The van der Waals surface area contributed by atoms with E-state index in [9.17, 15) is 9.65 Å². The fourth-order valence-electron chi connectivity index (χ4n) is 8.55. The Hall–Kier alpha value is -3.50. The topological polar surface area (TPSA) is 113 Å². The highest BCUT2D eigenvalue weighted by Crippen LogP contribution is 2.52. The molecule has 0 saturated carbocycles. The third-order valence-corrected chi connectivity index (χ3v) is 12.0. The van der Waals surface area contributed by atoms with Crippen molar-refractivity contribution in [3.8, 4) is 29.0 Å². The number of nitrogens with two attached hydrogens (primary N) is 1. The molecule has 0 spiro atoms. The van der Waals surface area contributed by atoms with Gasteiger partial charge in [-0.2, -0.15) is 15.2 Å². The third-order valence-electron chi connectivity index (χ3n) is 10.7. The molecule has 45 heavy (non-hydrogen) atoms. The van der Waals surface area contributed by atoms with Gasteiger partial charge in [0.05, 0.1) is 32.3 Å². The highest BCUT2D eigenvalue weighted by molar-refractivity contribution is 7.23. The number of nitrogens with one attached hydrogen (secondary N) is 1. The molecule has 0 radical (unpaired) electrons. The van der Waals surface area contributed by atoms with Gasteiger partial charge in [0.25, 0.3) is 0 Å². The van der Waals surface area contributed by atoms with Crippen LogP contribution >= 0.6 is 22.9 Å². The molecule has 4 aromatic rings. The van der Waals surface area contributed by atoms with E-state index in [-0.39, 0.29) is 77.7 Å². The number of thiophene rings is 1. The van der Waals surface area contributed by atoms with Crippen molar-refractivity contribution in [1.82, 2.24) is 20.2 Å². The molecule has 5 aliphatic heterocycles. The van der Waals surface area contributed by atoms with Gasteiger partial charge in [0.1, 0.15) is 41.4 Å². The summed E-state index contributed by atoms with van der Waals surface area (Å²) in [6.45, 7) is 3.53. The van der Waals surface area contributed by atoms with Gasteiger partial charge >= 0.3 is 6.01 Å². The molecular weight excluding hydrogens is 620 g/mol. The lowest BCUT2D eigenvalue weighted by Gasteiger charge is -2.40. The van der Waals surface area contributed by atoms with Crippen molar-refractivity contribution in [3.63, 3.8) is 0 Å². The van der Waals surface area contributed by atoms with E-state index in [1.54, 1.807) is 0 Å². The highest BCUT2D eigenvalue weighted by atomic mass is 35.5. The number of rotatable bonds is 4. The molecule has 0 amide bonds. The zero-order valence-electron chi connectivity index (χ0n) is 24.3. The maximum Gasteiger partial charge on any atom is 0.319 e. The van der Waals surface area contributed by atoms with E-state index in [4.69, 9.17) is 31.8 Å². The lowest BCUT2D eigenvalue weighted by Crippen LogP contribution is -2.60. The molecule has 5 aliphatic rings. The number of ether oxygens (including phenoxy) is 2. The summed E-state index contributed by atoms with van der Waals surface area (Å²) >= 11 is 8.03. The lowest BCUT2D eigenvalue weighted by molar-refractivity contribution is 0.108. The first-order valence-electron chi connectivity index (χ1n) is 15.5. The molecule has 4 fully saturated rings. The average Bonchev–Trinajstić information content (AvgIpc) is 3.78. The number of fused-ring (bicyclic) bond motifs is 7. The predicted octanol–water partition coefficient (Wildman–Crippen LogP) is 5.61. The van der Waals surface area contributed by atoms with Gasteiger partial charge in [-0.25, -0.2) is 8.78 Å². The molecule has 2 aromatic carbocycles. The van der Waals surface area contributed by atoms with Crippen LogP contribution in [0.15, 0.2) is 12.1 Å². The first-order chi connectivity index (χ1) is 21.9. The summed E-state index contributed by atoms with van der Waals surface area (Å²) in [6, 6.07) is 5.27. The van der Waals surface area contributed by atoms with Gasteiger partial charge in [0.2, 0.25) is 0 Å². The van der Waals surface area contributed by atoms with Crippen LogP contribution in [0, 0.1) is 23.0 Å². The van der Waals surface area contributed by atoms with Crippen molar-refractivity contribution in [3.05, 3.63) is 34.4 Å². The quantitative estimate of drug-likeness (QED) is 0.292. The van der Waals surface area contributed by atoms with Crippen molar-refractivity contribution >= 4 is 54.7 Å². The molecule has 13 heteroatoms. The minimum absolute atomic E-state index is 0.0160. The summed E-state index contributed by atoms with van der Waals surface area (Å²) in [5.74, 6) is -0.446. The summed E-state index contributed by atoms with van der Waals surface area (Å²) in [7, 11) is 0. The number of aromatic nitrogens is 2. The van der Waals surface area contributed by atoms with Crippen LogP contribution in [0.2, 0.25) is 5.02 Å². The lowest BCUT2D eigenvalue weighted by atomic mass is 9.95. The van der Waals surface area contributed by atoms with E-state index < -0.39 is 11.6 Å². The Bertz CT molecular complexity index is 1950. The molecule has 3 atom stereocenters. The summed E-state index contributed by atoms with van der Waals surface area (Å²) in [5, 5.41) is 14.4. The SMILES string of the molecule is N#Cc1c(N)sc2c(F)ccc(-c3c(Cl)c4c5c(nc(OCC67CCCN6CCC7)nc5c3F)N3C[C@H]5CC[C@H](N5)[C@@H]3CO4)c12. The maximum atomic E-state index is 17.1. The molecule has 4 saturated heterocycles. The van der Waals surface area contributed by atoms with Gasteiger partial charge in [0, 0.05) is 29.6 Å². The zero-order valence-corrected chi connectivity index (χ0v) is 25.9. The Morgan fingerprint density at radius 2 is 2.02 bits per heavy atom. The molecule has 0 unspecified atom stereocenters. The summed E-state index contributed by atoms with van der Waals surface area (Å²) in [6.07, 6.45) is 6.39. The van der Waals surface area contributed by atoms with Crippen LogP contribution in [0.1, 0.15) is 44.1 Å². The molecule has 0 aliphatic carbocycles. The van der Waals surface area contributed by atoms with Crippen molar-refractivity contribution < 1.29 is 18.3 Å².